The van der Waals surface area contributed by atoms with Crippen LogP contribution in [0.3, 0.4) is 0 Å². The quantitative estimate of drug-likeness (QED) is 0.0793. The summed E-state index contributed by atoms with van der Waals surface area (Å²) in [6.07, 6.45) is 0. The molecule has 7 heteroatoms. The molecule has 0 spiro atoms. The van der Waals surface area contributed by atoms with E-state index >= 15 is 0 Å². The first-order valence-corrected chi connectivity index (χ1v) is 36.6. The summed E-state index contributed by atoms with van der Waals surface area (Å²) in [5.41, 5.74) is 17.9. The normalized spacial score (nSPS) is 10.7. The fraction of sp³-hybridized carbons (Fsp3) is 0. The Labute approximate surface area is 593 Å². The Morgan fingerprint density at radius 2 is 0.485 bits per heavy atom. The molecule has 0 unspecified atom stereocenters. The molecule has 0 atom stereocenters. The van der Waals surface area contributed by atoms with Gasteiger partial charge < -0.3 is 20.9 Å². The van der Waals surface area contributed by atoms with Gasteiger partial charge in [0, 0.05) is 55.7 Å². The molecule has 0 fully saturated rings. The third-order valence-electron chi connectivity index (χ3n) is 16.7. The second-order valence-electron chi connectivity index (χ2n) is 23.3. The van der Waals surface area contributed by atoms with Crippen LogP contribution in [0.2, 0.25) is 0 Å². The van der Waals surface area contributed by atoms with Gasteiger partial charge >= 0.3 is 0 Å². The van der Waals surface area contributed by atoms with Gasteiger partial charge in [0.05, 0.1) is 0 Å². The molecule has 0 aromatic heterocycles. The summed E-state index contributed by atoms with van der Waals surface area (Å²) in [7, 11) is -1.70. The number of anilines is 9. The molecule has 0 aliphatic heterocycles. The molecule has 0 aliphatic rings. The largest absolute Gasteiger partial charge is 0.399 e. The molecule has 0 heterocycles. The minimum atomic E-state index is -0.852. The van der Waals surface area contributed by atoms with Gasteiger partial charge in [-0.05, 0) is 202 Å². The highest BCUT2D eigenvalue weighted by molar-refractivity contribution is 9.10. The van der Waals surface area contributed by atoms with Crippen LogP contribution in [0.4, 0.5) is 51.2 Å². The maximum atomic E-state index is 5.36. The van der Waals surface area contributed by atoms with Crippen molar-refractivity contribution in [1.29, 1.82) is 0 Å². The number of nitrogens with two attached hydrogens (primary N) is 1. The summed E-state index contributed by atoms with van der Waals surface area (Å²) in [5, 5.41) is 16.8. The molecule has 16 aromatic carbocycles. The molecule has 0 radical (unpaired) electrons. The van der Waals surface area contributed by atoms with Crippen molar-refractivity contribution in [2.45, 2.75) is 0 Å². The highest BCUT2D eigenvalue weighted by Gasteiger charge is 2.28. The molecule has 16 rings (SSSR count). The molecule has 16 aromatic rings. The first kappa shape index (κ1) is 66.2. The number of fused-ring (bicyclic) bond motifs is 2. The maximum absolute atomic E-state index is 5.36. The van der Waals surface area contributed by atoms with E-state index in [4.69, 9.17) is 5.73 Å². The van der Waals surface area contributed by atoms with Crippen LogP contribution in [0.15, 0.2) is 429 Å². The van der Waals surface area contributed by atoms with Gasteiger partial charge in [-0.25, -0.2) is 0 Å². The first-order valence-electron chi connectivity index (χ1n) is 33.1. The Hall–Kier alpha value is -11.4. The SMILES string of the molecule is Brc1ccc(N(c2ccccc2)c2ccccc2)cc1.Nc1ccccc1.c1ccc(Nc2ccc(N(c3ccccc3)c3ccccc3)cc2)cc1.c1ccc(P(c2ccccc2)c2ccc3ccccc3c2-c2c(P(c3ccccc3)c3ccccc3)ccc3ccccc23)cc1. The van der Waals surface area contributed by atoms with E-state index in [9.17, 15) is 0 Å². The highest BCUT2D eigenvalue weighted by atomic mass is 79.9. The minimum absolute atomic E-state index is 0.822. The summed E-state index contributed by atoms with van der Waals surface area (Å²) in [6.45, 7) is 0. The number of nitrogen functional groups attached to an aromatic ring is 1. The van der Waals surface area contributed by atoms with Crippen molar-refractivity contribution in [2.24, 2.45) is 0 Å². The zero-order valence-corrected chi connectivity index (χ0v) is 58.0. The standard InChI is InChI=1S/C44H32P2.C24H20N2.C18H14BrN.C6H7N/c1-5-19-35(20-6-1)45(36-21-7-2-8-22-36)41-31-29-33-17-13-15-27-39(33)43(41)44-40-28-16-14-18-34(40)30-32-42(44)46(37-23-9-3-10-24-37)38-25-11-4-12-26-38;1-4-10-20(11-5-1)25-21-16-18-24(19-17-21)26(22-12-6-2-7-13-22)23-14-8-3-9-15-23;19-15-11-13-18(14-12-15)20(16-7-3-1-4-8-16)17-9-5-2-6-10-17;7-6-4-2-1-3-5-6/h1-32H;1-19,25H;1-14H;1-5H,7H2. The molecule has 0 aliphatic carbocycles. The molecular formula is C92H73BrN4P2. The molecule has 3 N–H and O–H groups in total. The van der Waals surface area contributed by atoms with E-state index in [-0.39, 0.29) is 0 Å². The highest BCUT2D eigenvalue weighted by Crippen LogP contribution is 2.46. The van der Waals surface area contributed by atoms with Gasteiger partial charge in [-0.3, -0.25) is 0 Å². The molecule has 478 valence electrons. The zero-order chi connectivity index (χ0) is 67.2. The molecule has 4 nitrogen and oxygen atoms in total. The predicted molar refractivity (Wildman–Crippen MR) is 435 cm³/mol. The van der Waals surface area contributed by atoms with E-state index in [1.165, 1.54) is 64.5 Å². The summed E-state index contributed by atoms with van der Waals surface area (Å²) >= 11 is 3.49. The fourth-order valence-corrected chi connectivity index (χ4v) is 17.4. The van der Waals surface area contributed by atoms with E-state index in [1.54, 1.807) is 0 Å². The van der Waals surface area contributed by atoms with Gasteiger partial charge in [0.2, 0.25) is 0 Å². The molecule has 0 saturated carbocycles. The average Bonchev–Trinajstić information content (AvgIpc) is 0.733. The van der Waals surface area contributed by atoms with Crippen molar-refractivity contribution in [1.82, 2.24) is 0 Å². The fourth-order valence-electron chi connectivity index (χ4n) is 12.2. The number of rotatable bonds is 15. The van der Waals surface area contributed by atoms with Gasteiger partial charge in [-0.2, -0.15) is 0 Å². The number of nitrogens with zero attached hydrogens (tertiary/aromatic N) is 2. The summed E-state index contributed by atoms with van der Waals surface area (Å²) in [4.78, 5) is 4.50. The van der Waals surface area contributed by atoms with Crippen molar-refractivity contribution in [3.63, 3.8) is 0 Å². The Bertz CT molecular complexity index is 4770. The van der Waals surface area contributed by atoms with Gasteiger partial charge in [0.25, 0.3) is 0 Å². The Morgan fingerprint density at radius 3 is 0.798 bits per heavy atom. The van der Waals surface area contributed by atoms with E-state index in [0.717, 1.165) is 55.7 Å². The molecule has 99 heavy (non-hydrogen) atoms. The van der Waals surface area contributed by atoms with Crippen LogP contribution in [-0.4, -0.2) is 0 Å². The van der Waals surface area contributed by atoms with E-state index in [1.807, 2.05) is 72.8 Å². The number of para-hydroxylation sites is 6. The van der Waals surface area contributed by atoms with E-state index in [2.05, 4.69) is 383 Å². The van der Waals surface area contributed by atoms with Gasteiger partial charge in [-0.15, -0.1) is 0 Å². The average molecular weight is 1380 g/mol. The second-order valence-corrected chi connectivity index (χ2v) is 28.6. The lowest BCUT2D eigenvalue weighted by Crippen LogP contribution is -2.26. The molecule has 0 bridgehead atoms. The third-order valence-corrected chi connectivity index (χ3v) is 22.2. The van der Waals surface area contributed by atoms with Crippen molar-refractivity contribution in [2.75, 3.05) is 20.9 Å². The van der Waals surface area contributed by atoms with Gasteiger partial charge in [0.15, 0.2) is 0 Å². The molecule has 0 saturated heterocycles. The zero-order valence-electron chi connectivity index (χ0n) is 54.7. The Balaban J connectivity index is 0.000000139. The van der Waals surface area contributed by atoms with Crippen molar-refractivity contribution in [3.05, 3.63) is 429 Å². The summed E-state index contributed by atoms with van der Waals surface area (Å²) < 4.78 is 1.09. The number of hydrogen-bond acceptors (Lipinski definition) is 4. The second kappa shape index (κ2) is 33.5. The van der Waals surface area contributed by atoms with E-state index in [0.29, 0.717) is 0 Å². The minimum Gasteiger partial charge on any atom is -0.399 e. The lowest BCUT2D eigenvalue weighted by atomic mass is 9.93. The maximum Gasteiger partial charge on any atom is 0.0463 e. The van der Waals surface area contributed by atoms with E-state index < -0.39 is 15.8 Å². The van der Waals surface area contributed by atoms with Crippen LogP contribution in [0.5, 0.6) is 0 Å². The van der Waals surface area contributed by atoms with Gasteiger partial charge in [0.1, 0.15) is 0 Å². The monoisotopic (exact) mass is 1370 g/mol. The number of halogens is 1. The number of nitrogens with one attached hydrogen (secondary N) is 1. The van der Waals surface area contributed by atoms with Crippen LogP contribution in [-0.2, 0) is 0 Å². The van der Waals surface area contributed by atoms with Crippen LogP contribution in [0.25, 0.3) is 32.7 Å². The van der Waals surface area contributed by atoms with Crippen LogP contribution in [0, 0.1) is 0 Å². The van der Waals surface area contributed by atoms with Crippen molar-refractivity contribution in [3.8, 4) is 11.1 Å². The first-order chi connectivity index (χ1) is 49.0. The van der Waals surface area contributed by atoms with Crippen molar-refractivity contribution < 1.29 is 0 Å². The Morgan fingerprint density at radius 1 is 0.232 bits per heavy atom. The number of benzene rings is 16. The topological polar surface area (TPSA) is 44.5 Å². The number of hydrogen-bond donors (Lipinski definition) is 2. The molecule has 0 amide bonds. The van der Waals surface area contributed by atoms with Crippen LogP contribution in [0.1, 0.15) is 0 Å². The Kier molecular flexibility index (Phi) is 22.4. The lowest BCUT2D eigenvalue weighted by molar-refractivity contribution is 1.28. The third kappa shape index (κ3) is 16.7. The van der Waals surface area contributed by atoms with Crippen LogP contribution >= 0.6 is 31.8 Å². The lowest BCUT2D eigenvalue weighted by Gasteiger charge is -2.28. The smallest absolute Gasteiger partial charge is 0.0463 e. The van der Waals surface area contributed by atoms with Crippen molar-refractivity contribution >= 4 is 136 Å². The van der Waals surface area contributed by atoms with Gasteiger partial charge in [-0.1, -0.05) is 319 Å². The predicted octanol–water partition coefficient (Wildman–Crippen LogP) is 23.3. The summed E-state index contributed by atoms with van der Waals surface area (Å²) in [6, 6.07) is 150. The van der Waals surface area contributed by atoms with Crippen LogP contribution < -0.4 is 52.7 Å². The molecular weight excluding hydrogens is 1300 g/mol. The summed E-state index contributed by atoms with van der Waals surface area (Å²) in [5.74, 6) is 0.